The van der Waals surface area contributed by atoms with E-state index in [1.54, 1.807) is 0 Å². The SMILES string of the molecule is CCCNC(=O)NC(=O)CSc1nnc(C2CC2)n1C1CC1. The van der Waals surface area contributed by atoms with Crippen molar-refractivity contribution in [1.82, 2.24) is 25.4 Å². The molecule has 22 heavy (non-hydrogen) atoms. The van der Waals surface area contributed by atoms with Crippen molar-refractivity contribution < 1.29 is 9.59 Å². The lowest BCUT2D eigenvalue weighted by Gasteiger charge is -2.08. The number of rotatable bonds is 7. The molecule has 7 nitrogen and oxygen atoms in total. The first-order chi connectivity index (χ1) is 10.7. The molecule has 0 unspecified atom stereocenters. The Labute approximate surface area is 133 Å². The Hall–Kier alpha value is -1.57. The van der Waals surface area contributed by atoms with Crippen LogP contribution in [0, 0.1) is 0 Å². The first-order valence-corrected chi connectivity index (χ1v) is 8.83. The predicted octanol–water partition coefficient (Wildman–Crippen LogP) is 1.82. The quantitative estimate of drug-likeness (QED) is 0.747. The van der Waals surface area contributed by atoms with E-state index in [2.05, 4.69) is 25.4 Å². The molecule has 1 aromatic heterocycles. The van der Waals surface area contributed by atoms with Crippen LogP contribution in [0.3, 0.4) is 0 Å². The van der Waals surface area contributed by atoms with Crippen molar-refractivity contribution in [3.8, 4) is 0 Å². The van der Waals surface area contributed by atoms with Gasteiger partial charge in [-0.15, -0.1) is 10.2 Å². The van der Waals surface area contributed by atoms with Crippen molar-refractivity contribution in [1.29, 1.82) is 0 Å². The molecular weight excluding hydrogens is 302 g/mol. The number of carbonyl (C=O) groups is 2. The zero-order chi connectivity index (χ0) is 15.5. The zero-order valence-electron chi connectivity index (χ0n) is 12.7. The number of thioether (sulfide) groups is 1. The zero-order valence-corrected chi connectivity index (χ0v) is 13.5. The van der Waals surface area contributed by atoms with E-state index in [9.17, 15) is 9.59 Å². The van der Waals surface area contributed by atoms with Crippen LogP contribution in [0.15, 0.2) is 5.16 Å². The van der Waals surface area contributed by atoms with Crippen molar-refractivity contribution in [3.63, 3.8) is 0 Å². The number of nitrogens with zero attached hydrogens (tertiary/aromatic N) is 3. The maximum Gasteiger partial charge on any atom is 0.321 e. The van der Waals surface area contributed by atoms with Crippen molar-refractivity contribution in [3.05, 3.63) is 5.82 Å². The fourth-order valence-corrected chi connectivity index (χ4v) is 3.07. The molecule has 2 fully saturated rings. The normalized spacial score (nSPS) is 17.3. The number of urea groups is 1. The molecule has 3 amide bonds. The Morgan fingerprint density at radius 3 is 2.68 bits per heavy atom. The number of imide groups is 1. The minimum absolute atomic E-state index is 0.176. The van der Waals surface area contributed by atoms with Crippen LogP contribution in [-0.2, 0) is 4.79 Å². The molecular formula is C14H21N5O2S. The monoisotopic (exact) mass is 323 g/mol. The molecule has 0 atom stereocenters. The van der Waals surface area contributed by atoms with Gasteiger partial charge in [0.1, 0.15) is 5.82 Å². The molecule has 3 rings (SSSR count). The molecule has 2 saturated carbocycles. The number of amides is 3. The summed E-state index contributed by atoms with van der Waals surface area (Å²) in [5.41, 5.74) is 0. The largest absolute Gasteiger partial charge is 0.338 e. The van der Waals surface area contributed by atoms with Gasteiger partial charge in [0.15, 0.2) is 5.16 Å². The van der Waals surface area contributed by atoms with Crippen LogP contribution in [0.5, 0.6) is 0 Å². The topological polar surface area (TPSA) is 88.9 Å². The van der Waals surface area contributed by atoms with Crippen LogP contribution >= 0.6 is 11.8 Å². The van der Waals surface area contributed by atoms with Gasteiger partial charge in [0.25, 0.3) is 0 Å². The van der Waals surface area contributed by atoms with Crippen molar-refractivity contribution in [2.75, 3.05) is 12.3 Å². The van der Waals surface area contributed by atoms with Crippen molar-refractivity contribution in [2.45, 2.75) is 56.1 Å². The maximum absolute atomic E-state index is 11.8. The van der Waals surface area contributed by atoms with Crippen LogP contribution < -0.4 is 10.6 Å². The summed E-state index contributed by atoms with van der Waals surface area (Å²) in [5.74, 6) is 1.49. The fraction of sp³-hybridized carbons (Fsp3) is 0.714. The molecule has 0 spiro atoms. The third-order valence-corrected chi connectivity index (χ3v) is 4.61. The number of hydrogen-bond donors (Lipinski definition) is 2. The highest BCUT2D eigenvalue weighted by atomic mass is 32.2. The first kappa shape index (κ1) is 15.3. The number of hydrogen-bond acceptors (Lipinski definition) is 5. The van der Waals surface area contributed by atoms with Gasteiger partial charge in [0, 0.05) is 18.5 Å². The Morgan fingerprint density at radius 2 is 2.05 bits per heavy atom. The second-order valence-corrected chi connectivity index (χ2v) is 6.75. The molecule has 0 saturated heterocycles. The van der Waals surface area contributed by atoms with E-state index < -0.39 is 6.03 Å². The molecule has 0 aromatic carbocycles. The lowest BCUT2D eigenvalue weighted by atomic mass is 10.4. The molecule has 0 aliphatic heterocycles. The van der Waals surface area contributed by atoms with Crippen molar-refractivity contribution in [2.24, 2.45) is 0 Å². The van der Waals surface area contributed by atoms with Gasteiger partial charge in [-0.1, -0.05) is 18.7 Å². The summed E-state index contributed by atoms with van der Waals surface area (Å²) in [6.45, 7) is 2.52. The molecule has 8 heteroatoms. The Balaban J connectivity index is 1.53. The Bertz CT molecular complexity index is 566. The summed E-state index contributed by atoms with van der Waals surface area (Å²) >= 11 is 1.35. The molecule has 2 N–H and O–H groups in total. The van der Waals surface area contributed by atoms with E-state index in [-0.39, 0.29) is 11.7 Å². The van der Waals surface area contributed by atoms with Gasteiger partial charge in [-0.2, -0.15) is 0 Å². The van der Waals surface area contributed by atoms with Gasteiger partial charge < -0.3 is 9.88 Å². The van der Waals surface area contributed by atoms with Crippen LogP contribution in [-0.4, -0.2) is 39.0 Å². The lowest BCUT2D eigenvalue weighted by Crippen LogP contribution is -2.40. The van der Waals surface area contributed by atoms with Gasteiger partial charge in [-0.25, -0.2) is 4.79 Å². The van der Waals surface area contributed by atoms with Crippen LogP contribution in [0.4, 0.5) is 4.79 Å². The molecule has 0 radical (unpaired) electrons. The highest BCUT2D eigenvalue weighted by molar-refractivity contribution is 7.99. The molecule has 2 aliphatic rings. The lowest BCUT2D eigenvalue weighted by molar-refractivity contribution is -0.117. The highest BCUT2D eigenvalue weighted by Crippen LogP contribution is 2.45. The van der Waals surface area contributed by atoms with Crippen LogP contribution in [0.2, 0.25) is 0 Å². The van der Waals surface area contributed by atoms with E-state index >= 15 is 0 Å². The summed E-state index contributed by atoms with van der Waals surface area (Å²) in [6.07, 6.45) is 5.54. The summed E-state index contributed by atoms with van der Waals surface area (Å²) < 4.78 is 2.20. The van der Waals surface area contributed by atoms with E-state index in [1.165, 1.54) is 24.6 Å². The van der Waals surface area contributed by atoms with Crippen molar-refractivity contribution >= 4 is 23.7 Å². The highest BCUT2D eigenvalue weighted by Gasteiger charge is 2.36. The third kappa shape index (κ3) is 3.79. The predicted molar refractivity (Wildman–Crippen MR) is 82.8 cm³/mol. The molecule has 1 aromatic rings. The van der Waals surface area contributed by atoms with Gasteiger partial charge in [-0.05, 0) is 32.1 Å². The fourth-order valence-electron chi connectivity index (χ4n) is 2.26. The summed E-state index contributed by atoms with van der Waals surface area (Å²) in [4.78, 5) is 23.2. The average Bonchev–Trinajstić information content (AvgIpc) is 3.41. The number of nitrogens with one attached hydrogen (secondary N) is 2. The maximum atomic E-state index is 11.8. The van der Waals surface area contributed by atoms with E-state index in [0.29, 0.717) is 18.5 Å². The second-order valence-electron chi connectivity index (χ2n) is 5.81. The van der Waals surface area contributed by atoms with Crippen LogP contribution in [0.25, 0.3) is 0 Å². The average molecular weight is 323 g/mol. The summed E-state index contributed by atoms with van der Waals surface area (Å²) in [6, 6.07) is 0.0683. The molecule has 1 heterocycles. The van der Waals surface area contributed by atoms with Gasteiger partial charge >= 0.3 is 6.03 Å². The molecule has 120 valence electrons. The van der Waals surface area contributed by atoms with Gasteiger partial charge in [0.05, 0.1) is 5.75 Å². The van der Waals surface area contributed by atoms with Gasteiger partial charge in [0.2, 0.25) is 5.91 Å². The Kier molecular flexibility index (Phi) is 4.66. The number of carbonyl (C=O) groups excluding carboxylic acids is 2. The standard InChI is InChI=1S/C14H21N5O2S/c1-2-7-15-13(21)16-11(20)8-22-14-18-17-12(9-3-4-9)19(14)10-5-6-10/h9-10H,2-8H2,1H3,(H2,15,16,20,21). The second kappa shape index (κ2) is 6.68. The summed E-state index contributed by atoms with van der Waals surface area (Å²) in [7, 11) is 0. The van der Waals surface area contributed by atoms with E-state index in [4.69, 9.17) is 0 Å². The first-order valence-electron chi connectivity index (χ1n) is 7.84. The van der Waals surface area contributed by atoms with Gasteiger partial charge in [-0.3, -0.25) is 10.1 Å². The summed E-state index contributed by atoms with van der Waals surface area (Å²) in [5, 5.41) is 14.3. The molecule has 2 aliphatic carbocycles. The van der Waals surface area contributed by atoms with Crippen LogP contribution in [0.1, 0.15) is 56.8 Å². The molecule has 0 bridgehead atoms. The van der Waals surface area contributed by atoms with E-state index in [0.717, 1.165) is 30.2 Å². The third-order valence-electron chi connectivity index (χ3n) is 3.67. The number of aromatic nitrogens is 3. The minimum atomic E-state index is -0.435. The van der Waals surface area contributed by atoms with E-state index in [1.807, 2.05) is 6.92 Å². The minimum Gasteiger partial charge on any atom is -0.338 e. The Morgan fingerprint density at radius 1 is 1.27 bits per heavy atom. The smallest absolute Gasteiger partial charge is 0.321 e.